The quantitative estimate of drug-likeness (QED) is 0.857. The first kappa shape index (κ1) is 14.7. The summed E-state index contributed by atoms with van der Waals surface area (Å²) >= 11 is 1.78. The van der Waals surface area contributed by atoms with E-state index in [4.69, 9.17) is 4.74 Å². The minimum Gasteiger partial charge on any atom is -0.497 e. The zero-order chi connectivity index (χ0) is 16.1. The van der Waals surface area contributed by atoms with Gasteiger partial charge in [-0.05, 0) is 49.5 Å². The molecule has 5 heterocycles. The Balaban J connectivity index is 1.55. The zero-order valence-electron chi connectivity index (χ0n) is 14.0. The van der Waals surface area contributed by atoms with Crippen molar-refractivity contribution >= 4 is 16.5 Å². The van der Waals surface area contributed by atoms with Gasteiger partial charge < -0.3 is 9.64 Å². The van der Waals surface area contributed by atoms with Crippen LogP contribution < -0.4 is 9.64 Å². The van der Waals surface area contributed by atoms with E-state index in [0.717, 1.165) is 18.2 Å². The molecule has 4 nitrogen and oxygen atoms in total. The number of methoxy groups -OCH3 is 1. The Labute approximate surface area is 147 Å². The summed E-state index contributed by atoms with van der Waals surface area (Å²) < 4.78 is 5.47. The van der Waals surface area contributed by atoms with Crippen molar-refractivity contribution in [1.82, 2.24) is 9.88 Å². The van der Waals surface area contributed by atoms with Gasteiger partial charge in [0.05, 0.1) is 13.2 Å². The van der Waals surface area contributed by atoms with E-state index in [-0.39, 0.29) is 0 Å². The Hall–Kier alpha value is -1.59. The van der Waals surface area contributed by atoms with Gasteiger partial charge in [-0.2, -0.15) is 0 Å². The maximum atomic E-state index is 5.47. The fraction of sp³-hybridized carbons (Fsp3) is 0.526. The van der Waals surface area contributed by atoms with Crippen LogP contribution in [0.15, 0.2) is 35.8 Å². The van der Waals surface area contributed by atoms with E-state index in [1.165, 1.54) is 36.6 Å². The second kappa shape index (κ2) is 5.74. The molecule has 0 saturated carbocycles. The first-order valence-electron chi connectivity index (χ1n) is 8.89. The highest BCUT2D eigenvalue weighted by Gasteiger charge is 2.53. The van der Waals surface area contributed by atoms with Crippen molar-refractivity contribution in [2.45, 2.75) is 30.8 Å². The number of anilines is 1. The number of fused-ring (bicyclic) bond motifs is 2. The molecular weight excluding hydrogens is 318 g/mol. The molecule has 3 atom stereocenters. The van der Waals surface area contributed by atoms with Crippen molar-refractivity contribution in [3.8, 4) is 5.75 Å². The Morgan fingerprint density at radius 1 is 1.21 bits per heavy atom. The molecule has 2 bridgehead atoms. The summed E-state index contributed by atoms with van der Waals surface area (Å²) in [5.41, 5.74) is 1.41. The molecule has 126 valence electrons. The number of piperidine rings is 3. The Morgan fingerprint density at radius 2 is 2.08 bits per heavy atom. The van der Waals surface area contributed by atoms with Crippen LogP contribution in [0.3, 0.4) is 0 Å². The van der Waals surface area contributed by atoms with Crippen LogP contribution in [-0.2, 0) is 0 Å². The molecule has 4 fully saturated rings. The third-order valence-corrected chi connectivity index (χ3v) is 6.99. The normalized spacial score (nSPS) is 34.4. The summed E-state index contributed by atoms with van der Waals surface area (Å²) in [4.78, 5) is 9.98. The van der Waals surface area contributed by atoms with E-state index in [2.05, 4.69) is 38.4 Å². The Bertz CT molecular complexity index is 711. The average molecular weight is 341 g/mol. The molecule has 24 heavy (non-hydrogen) atoms. The van der Waals surface area contributed by atoms with Gasteiger partial charge in [-0.3, -0.25) is 4.90 Å². The molecule has 5 heteroatoms. The van der Waals surface area contributed by atoms with Gasteiger partial charge in [0.15, 0.2) is 5.13 Å². The first-order chi connectivity index (χ1) is 11.8. The van der Waals surface area contributed by atoms with E-state index in [0.29, 0.717) is 18.0 Å². The molecule has 4 aliphatic rings. The molecule has 1 aromatic carbocycles. The van der Waals surface area contributed by atoms with Crippen LogP contribution in [-0.4, -0.2) is 48.7 Å². The molecule has 2 aromatic rings. The molecule has 6 rings (SSSR count). The average Bonchev–Trinajstić information content (AvgIpc) is 3.31. The number of aromatic nitrogens is 1. The van der Waals surface area contributed by atoms with Gasteiger partial charge in [-0.1, -0.05) is 12.1 Å². The molecular formula is C19H23N3OS. The Morgan fingerprint density at radius 3 is 2.83 bits per heavy atom. The van der Waals surface area contributed by atoms with Gasteiger partial charge in [-0.25, -0.2) is 4.98 Å². The predicted molar refractivity (Wildman–Crippen MR) is 97.1 cm³/mol. The maximum absolute atomic E-state index is 5.47. The molecule has 1 aromatic heterocycles. The van der Waals surface area contributed by atoms with Crippen LogP contribution >= 0.6 is 11.3 Å². The molecule has 0 N–H and O–H groups in total. The SMILES string of the molecule is COc1cccc([C@@H]2CN(c3nccs3)[C@H]3C4CCN(CC4)[C@@H]23)c1. The second-order valence-corrected chi connectivity index (χ2v) is 8.08. The molecule has 0 spiro atoms. The van der Waals surface area contributed by atoms with Gasteiger partial charge in [0.25, 0.3) is 0 Å². The van der Waals surface area contributed by atoms with Crippen molar-refractivity contribution in [3.63, 3.8) is 0 Å². The van der Waals surface area contributed by atoms with E-state index in [1.807, 2.05) is 12.3 Å². The summed E-state index contributed by atoms with van der Waals surface area (Å²) in [6.07, 6.45) is 4.62. The number of rotatable bonds is 3. The standard InChI is InChI=1S/C19H23N3OS/c1-23-15-4-2-3-14(11-15)16-12-22(19-20-7-10-24-19)17-13-5-8-21(9-6-13)18(16)17/h2-4,7,10-11,13,16-18H,5-6,8-9,12H2,1H3/t16-,17-,18-/m0/s1. The van der Waals surface area contributed by atoms with E-state index in [9.17, 15) is 0 Å². The van der Waals surface area contributed by atoms with Crippen LogP contribution in [0.25, 0.3) is 0 Å². The second-order valence-electron chi connectivity index (χ2n) is 7.20. The minimum atomic E-state index is 0.539. The van der Waals surface area contributed by atoms with Crippen molar-refractivity contribution in [2.24, 2.45) is 5.92 Å². The van der Waals surface area contributed by atoms with E-state index >= 15 is 0 Å². The third kappa shape index (κ3) is 2.18. The van der Waals surface area contributed by atoms with Crippen LogP contribution in [0.4, 0.5) is 5.13 Å². The minimum absolute atomic E-state index is 0.539. The van der Waals surface area contributed by atoms with E-state index in [1.54, 1.807) is 18.4 Å². The van der Waals surface area contributed by atoms with Crippen molar-refractivity contribution in [2.75, 3.05) is 31.6 Å². The molecule has 0 unspecified atom stereocenters. The number of benzene rings is 1. The van der Waals surface area contributed by atoms with Gasteiger partial charge in [0.2, 0.25) is 0 Å². The molecule has 4 saturated heterocycles. The summed E-state index contributed by atoms with van der Waals surface area (Å²) in [7, 11) is 1.75. The van der Waals surface area contributed by atoms with Gasteiger partial charge in [0, 0.05) is 30.1 Å². The number of nitrogens with zero attached hydrogens (tertiary/aromatic N) is 3. The molecule has 4 aliphatic heterocycles. The van der Waals surface area contributed by atoms with Crippen molar-refractivity contribution in [1.29, 1.82) is 0 Å². The zero-order valence-corrected chi connectivity index (χ0v) is 14.8. The fourth-order valence-corrected chi connectivity index (χ4v) is 5.86. The number of ether oxygens (including phenoxy) is 1. The maximum Gasteiger partial charge on any atom is 0.185 e. The van der Waals surface area contributed by atoms with Crippen LogP contribution in [0.5, 0.6) is 5.75 Å². The lowest BCUT2D eigenvalue weighted by Crippen LogP contribution is -2.60. The van der Waals surface area contributed by atoms with Crippen LogP contribution in [0.2, 0.25) is 0 Å². The lowest BCUT2D eigenvalue weighted by atomic mass is 9.75. The molecule has 0 radical (unpaired) electrons. The van der Waals surface area contributed by atoms with Gasteiger partial charge >= 0.3 is 0 Å². The monoisotopic (exact) mass is 341 g/mol. The Kier molecular flexibility index (Phi) is 3.52. The summed E-state index contributed by atoms with van der Waals surface area (Å²) in [6, 6.07) is 9.92. The largest absolute Gasteiger partial charge is 0.497 e. The fourth-order valence-electron chi connectivity index (χ4n) is 5.17. The predicted octanol–water partition coefficient (Wildman–Crippen LogP) is 3.22. The van der Waals surface area contributed by atoms with Crippen molar-refractivity contribution < 1.29 is 4.74 Å². The van der Waals surface area contributed by atoms with Gasteiger partial charge in [-0.15, -0.1) is 11.3 Å². The summed E-state index contributed by atoms with van der Waals surface area (Å²) in [5.74, 6) is 2.32. The lowest BCUT2D eigenvalue weighted by molar-refractivity contribution is 0.0355. The highest BCUT2D eigenvalue weighted by molar-refractivity contribution is 7.13. The number of thiazole rings is 1. The smallest absolute Gasteiger partial charge is 0.185 e. The third-order valence-electron chi connectivity index (χ3n) is 6.18. The van der Waals surface area contributed by atoms with Crippen LogP contribution in [0, 0.1) is 5.92 Å². The molecule has 0 amide bonds. The number of hydrogen-bond acceptors (Lipinski definition) is 5. The summed E-state index contributed by atoms with van der Waals surface area (Å²) in [5, 5.41) is 3.30. The highest BCUT2D eigenvalue weighted by Crippen LogP contribution is 2.48. The molecule has 0 aliphatic carbocycles. The van der Waals surface area contributed by atoms with Gasteiger partial charge in [0.1, 0.15) is 5.75 Å². The van der Waals surface area contributed by atoms with Crippen LogP contribution in [0.1, 0.15) is 24.3 Å². The highest BCUT2D eigenvalue weighted by atomic mass is 32.1. The number of hydrogen-bond donors (Lipinski definition) is 0. The first-order valence-corrected chi connectivity index (χ1v) is 9.77. The summed E-state index contributed by atoms with van der Waals surface area (Å²) in [6.45, 7) is 3.60. The lowest BCUT2D eigenvalue weighted by Gasteiger charge is -2.51. The van der Waals surface area contributed by atoms with E-state index < -0.39 is 0 Å². The van der Waals surface area contributed by atoms with Crippen molar-refractivity contribution in [3.05, 3.63) is 41.4 Å². The topological polar surface area (TPSA) is 28.6 Å².